The van der Waals surface area contributed by atoms with Crippen LogP contribution >= 0.6 is 11.6 Å². The van der Waals surface area contributed by atoms with Gasteiger partial charge in [-0.3, -0.25) is 0 Å². The minimum atomic E-state index is -3.75. The molecule has 0 aromatic heterocycles. The molecule has 0 heterocycles. The summed E-state index contributed by atoms with van der Waals surface area (Å²) >= 11 is 5.95. The smallest absolute Gasteiger partial charge is 0.241 e. The molecule has 118 valence electrons. The van der Waals surface area contributed by atoms with Crippen LogP contribution in [0.4, 0.5) is 4.39 Å². The number of hydrogen-bond donors (Lipinski definition) is 1. The molecule has 2 aromatic carbocycles. The molecule has 22 heavy (non-hydrogen) atoms. The van der Waals surface area contributed by atoms with Gasteiger partial charge in [-0.1, -0.05) is 23.7 Å². The van der Waals surface area contributed by atoms with Crippen molar-refractivity contribution in [2.24, 2.45) is 0 Å². The van der Waals surface area contributed by atoms with Gasteiger partial charge in [-0.05, 0) is 42.8 Å². The highest BCUT2D eigenvalue weighted by molar-refractivity contribution is 7.89. The maximum absolute atomic E-state index is 12.9. The molecule has 0 bridgehead atoms. The van der Waals surface area contributed by atoms with Crippen LogP contribution in [0.15, 0.2) is 47.4 Å². The summed E-state index contributed by atoms with van der Waals surface area (Å²) in [6, 6.07) is 9.33. The lowest BCUT2D eigenvalue weighted by atomic mass is 10.1. The molecule has 0 saturated carbocycles. The van der Waals surface area contributed by atoms with Crippen LogP contribution in [-0.4, -0.2) is 15.5 Å². The molecule has 1 atom stereocenters. The molecule has 7 heteroatoms. The number of halogens is 2. The molecule has 0 amide bonds. The van der Waals surface area contributed by atoms with E-state index in [0.29, 0.717) is 11.3 Å². The van der Waals surface area contributed by atoms with E-state index in [1.165, 1.54) is 49.6 Å². The molecule has 0 spiro atoms. The van der Waals surface area contributed by atoms with Crippen LogP contribution in [0.25, 0.3) is 0 Å². The average Bonchev–Trinajstić information content (AvgIpc) is 2.47. The highest BCUT2D eigenvalue weighted by atomic mass is 35.5. The summed E-state index contributed by atoms with van der Waals surface area (Å²) in [7, 11) is -2.30. The molecule has 2 rings (SSSR count). The third-order valence-corrected chi connectivity index (χ3v) is 4.97. The molecule has 2 aromatic rings. The second-order valence-electron chi connectivity index (χ2n) is 4.69. The van der Waals surface area contributed by atoms with Crippen molar-refractivity contribution in [1.29, 1.82) is 0 Å². The largest absolute Gasteiger partial charge is 0.495 e. The van der Waals surface area contributed by atoms with Gasteiger partial charge >= 0.3 is 0 Å². The van der Waals surface area contributed by atoms with E-state index >= 15 is 0 Å². The van der Waals surface area contributed by atoms with Gasteiger partial charge in [0.1, 0.15) is 11.6 Å². The van der Waals surface area contributed by atoms with E-state index in [-0.39, 0.29) is 15.7 Å². The van der Waals surface area contributed by atoms with Gasteiger partial charge in [0, 0.05) is 6.04 Å². The van der Waals surface area contributed by atoms with Crippen molar-refractivity contribution in [1.82, 2.24) is 4.72 Å². The fraction of sp³-hybridized carbons (Fsp3) is 0.200. The first-order valence-corrected chi connectivity index (χ1v) is 8.31. The first-order chi connectivity index (χ1) is 10.3. The highest BCUT2D eigenvalue weighted by Gasteiger charge is 2.19. The van der Waals surface area contributed by atoms with Crippen LogP contribution in [0.3, 0.4) is 0 Å². The van der Waals surface area contributed by atoms with Gasteiger partial charge in [0.25, 0.3) is 0 Å². The number of sulfonamides is 1. The number of methoxy groups -OCH3 is 1. The SMILES string of the molecule is COc1ccc(S(=O)(=O)N[C@@H](C)c2ccc(F)cc2)cc1Cl. The lowest BCUT2D eigenvalue weighted by molar-refractivity contribution is 0.414. The van der Waals surface area contributed by atoms with Gasteiger partial charge in [0.15, 0.2) is 0 Å². The fourth-order valence-corrected chi connectivity index (χ4v) is 3.51. The summed E-state index contributed by atoms with van der Waals surface area (Å²) in [4.78, 5) is 0.0345. The summed E-state index contributed by atoms with van der Waals surface area (Å²) in [6.07, 6.45) is 0. The van der Waals surface area contributed by atoms with Crippen molar-refractivity contribution in [3.05, 3.63) is 58.9 Å². The first-order valence-electron chi connectivity index (χ1n) is 6.45. The Hall–Kier alpha value is -1.63. The zero-order valence-electron chi connectivity index (χ0n) is 12.0. The Bertz CT molecular complexity index is 763. The number of ether oxygens (including phenoxy) is 1. The summed E-state index contributed by atoms with van der Waals surface area (Å²) in [5, 5.41) is 0.208. The fourth-order valence-electron chi connectivity index (χ4n) is 1.93. The van der Waals surface area contributed by atoms with Crippen molar-refractivity contribution in [2.45, 2.75) is 17.9 Å². The minimum Gasteiger partial charge on any atom is -0.495 e. The van der Waals surface area contributed by atoms with Crippen molar-refractivity contribution >= 4 is 21.6 Å². The first kappa shape index (κ1) is 16.7. The molecule has 0 saturated heterocycles. The van der Waals surface area contributed by atoms with Gasteiger partial charge in [0.2, 0.25) is 10.0 Å². The van der Waals surface area contributed by atoms with Crippen LogP contribution < -0.4 is 9.46 Å². The number of hydrogen-bond acceptors (Lipinski definition) is 3. The van der Waals surface area contributed by atoms with Crippen molar-refractivity contribution in [3.8, 4) is 5.75 Å². The van der Waals surface area contributed by atoms with Crippen molar-refractivity contribution < 1.29 is 17.5 Å². The van der Waals surface area contributed by atoms with Crippen LogP contribution in [-0.2, 0) is 10.0 Å². The van der Waals surface area contributed by atoms with Crippen molar-refractivity contribution in [2.75, 3.05) is 7.11 Å². The molecule has 0 aliphatic rings. The number of benzene rings is 2. The van der Waals surface area contributed by atoms with Crippen molar-refractivity contribution in [3.63, 3.8) is 0 Å². The summed E-state index contributed by atoms with van der Waals surface area (Å²) in [6.45, 7) is 1.68. The molecule has 4 nitrogen and oxygen atoms in total. The monoisotopic (exact) mass is 343 g/mol. The van der Waals surface area contributed by atoms with Crippen LogP contribution in [0, 0.1) is 5.82 Å². The van der Waals surface area contributed by atoms with E-state index in [1.54, 1.807) is 6.92 Å². The third-order valence-electron chi connectivity index (χ3n) is 3.14. The molecule has 0 unspecified atom stereocenters. The summed E-state index contributed by atoms with van der Waals surface area (Å²) in [5.74, 6) is 0.0212. The zero-order chi connectivity index (χ0) is 16.3. The second-order valence-corrected chi connectivity index (χ2v) is 6.81. The molecular weight excluding hydrogens is 329 g/mol. The standard InChI is InChI=1S/C15H15ClFNO3S/c1-10(11-3-5-12(17)6-4-11)18-22(19,20)13-7-8-15(21-2)14(16)9-13/h3-10,18H,1-2H3/t10-/m0/s1. The zero-order valence-corrected chi connectivity index (χ0v) is 13.6. The Labute approximate surface area is 133 Å². The summed E-state index contributed by atoms with van der Waals surface area (Å²) in [5.41, 5.74) is 0.657. The molecular formula is C15H15ClFNO3S. The average molecular weight is 344 g/mol. The predicted octanol–water partition coefficient (Wildman–Crippen LogP) is 3.53. The maximum atomic E-state index is 12.9. The van der Waals surface area contributed by atoms with E-state index in [2.05, 4.69) is 4.72 Å². The highest BCUT2D eigenvalue weighted by Crippen LogP contribution is 2.27. The summed E-state index contributed by atoms with van der Waals surface area (Å²) < 4.78 is 45.1. The Morgan fingerprint density at radius 2 is 1.82 bits per heavy atom. The second kappa shape index (κ2) is 6.64. The molecule has 0 radical (unpaired) electrons. The maximum Gasteiger partial charge on any atom is 0.241 e. The van der Waals surface area contributed by atoms with Crippen LogP contribution in [0.2, 0.25) is 5.02 Å². The van der Waals surface area contributed by atoms with E-state index in [4.69, 9.17) is 16.3 Å². The lowest BCUT2D eigenvalue weighted by Crippen LogP contribution is -2.26. The van der Waals surface area contributed by atoms with Gasteiger partial charge in [-0.15, -0.1) is 0 Å². The van der Waals surface area contributed by atoms with Gasteiger partial charge < -0.3 is 4.74 Å². The Kier molecular flexibility index (Phi) is 5.05. The molecule has 0 aliphatic carbocycles. The number of rotatable bonds is 5. The lowest BCUT2D eigenvalue weighted by Gasteiger charge is -2.15. The molecule has 0 aliphatic heterocycles. The predicted molar refractivity (Wildman–Crippen MR) is 83.1 cm³/mol. The van der Waals surface area contributed by atoms with Crippen LogP contribution in [0.1, 0.15) is 18.5 Å². The van der Waals surface area contributed by atoms with Gasteiger partial charge in [-0.2, -0.15) is 0 Å². The number of nitrogens with one attached hydrogen (secondary N) is 1. The third kappa shape index (κ3) is 3.76. The van der Waals surface area contributed by atoms with E-state index < -0.39 is 16.1 Å². The van der Waals surface area contributed by atoms with Gasteiger partial charge in [-0.25, -0.2) is 17.5 Å². The Balaban J connectivity index is 2.23. The Morgan fingerprint density at radius 3 is 2.36 bits per heavy atom. The van der Waals surface area contributed by atoms with E-state index in [9.17, 15) is 12.8 Å². The quantitative estimate of drug-likeness (QED) is 0.903. The molecule has 1 N–H and O–H groups in total. The van der Waals surface area contributed by atoms with Crippen LogP contribution in [0.5, 0.6) is 5.75 Å². The Morgan fingerprint density at radius 1 is 1.18 bits per heavy atom. The normalized spacial score (nSPS) is 12.9. The van der Waals surface area contributed by atoms with Gasteiger partial charge in [0.05, 0.1) is 17.0 Å². The minimum absolute atomic E-state index is 0.0345. The van der Waals surface area contributed by atoms with E-state index in [1.807, 2.05) is 0 Å². The van der Waals surface area contributed by atoms with E-state index in [0.717, 1.165) is 0 Å². The molecule has 0 fully saturated rings. The topological polar surface area (TPSA) is 55.4 Å².